The Labute approximate surface area is 174 Å². The minimum Gasteiger partial charge on any atom is -0.369 e. The quantitative estimate of drug-likeness (QED) is 0.281. The highest BCUT2D eigenvalue weighted by Crippen LogP contribution is 2.20. The summed E-state index contributed by atoms with van der Waals surface area (Å²) in [5.74, 6) is 1.03. The average Bonchev–Trinajstić information content (AvgIpc) is 2.54. The molecule has 0 atom stereocenters. The number of rotatable bonds is 5. The number of hydrogen-bond donors (Lipinski definition) is 0. The first-order valence-electron chi connectivity index (χ1n) is 8.59. The van der Waals surface area contributed by atoms with Gasteiger partial charge in [-0.1, -0.05) is 17.7 Å². The molecule has 0 saturated carbocycles. The summed E-state index contributed by atoms with van der Waals surface area (Å²) in [6, 6.07) is 8.14. The lowest BCUT2D eigenvalue weighted by Crippen LogP contribution is -2.46. The van der Waals surface area contributed by atoms with Crippen LogP contribution in [0, 0.1) is 0 Å². The van der Waals surface area contributed by atoms with Crippen molar-refractivity contribution < 1.29 is 0 Å². The zero-order valence-corrected chi connectivity index (χ0v) is 18.9. The molecule has 5 nitrogen and oxygen atoms in total. The van der Waals surface area contributed by atoms with Gasteiger partial charge in [0.05, 0.1) is 0 Å². The zero-order valence-electron chi connectivity index (χ0n) is 15.8. The van der Waals surface area contributed by atoms with Crippen molar-refractivity contribution in [2.45, 2.75) is 6.42 Å². The van der Waals surface area contributed by atoms with Gasteiger partial charge in [0.25, 0.3) is 0 Å². The molecule has 0 N–H and O–H groups in total. The summed E-state index contributed by atoms with van der Waals surface area (Å²) in [4.78, 5) is 13.8. The van der Waals surface area contributed by atoms with Gasteiger partial charge in [0.1, 0.15) is 0 Å². The summed E-state index contributed by atoms with van der Waals surface area (Å²) in [6.07, 6.45) is 1.10. The summed E-state index contributed by atoms with van der Waals surface area (Å²) in [7, 11) is 8.14. The Bertz CT molecular complexity index is 532. The molecule has 1 aromatic carbocycles. The second kappa shape index (κ2) is 11.1. The predicted octanol–water partition coefficient (Wildman–Crippen LogP) is 2.95. The Hall–Kier alpha value is -0.730. The van der Waals surface area contributed by atoms with E-state index >= 15 is 0 Å². The van der Waals surface area contributed by atoms with Crippen LogP contribution in [0.25, 0.3) is 0 Å². The normalized spacial score (nSPS) is 14.7. The summed E-state index contributed by atoms with van der Waals surface area (Å²) in [5.41, 5.74) is 1.23. The molecular formula is C18H31ClIN5. The molecule has 0 radical (unpaired) electrons. The first-order valence-corrected chi connectivity index (χ1v) is 8.97. The van der Waals surface area contributed by atoms with E-state index in [1.54, 1.807) is 0 Å². The van der Waals surface area contributed by atoms with Gasteiger partial charge in [-0.05, 0) is 24.6 Å². The van der Waals surface area contributed by atoms with Gasteiger partial charge in [0.15, 0.2) is 5.96 Å². The fraction of sp³-hybridized carbons (Fsp3) is 0.611. The van der Waals surface area contributed by atoms with Gasteiger partial charge in [-0.3, -0.25) is 9.89 Å². The van der Waals surface area contributed by atoms with Crippen molar-refractivity contribution >= 4 is 47.2 Å². The third-order valence-corrected chi connectivity index (χ3v) is 4.47. The summed E-state index contributed by atoms with van der Waals surface area (Å²) in [6.45, 7) is 6.31. The number of halogens is 2. The number of hydrogen-bond acceptors (Lipinski definition) is 3. The van der Waals surface area contributed by atoms with Crippen LogP contribution in [0.15, 0.2) is 29.3 Å². The Kier molecular flexibility index (Phi) is 9.89. The smallest absolute Gasteiger partial charge is 0.195 e. The minimum atomic E-state index is 0. The number of aliphatic imine (C=N–C) groups is 1. The van der Waals surface area contributed by atoms with E-state index in [2.05, 4.69) is 31.7 Å². The van der Waals surface area contributed by atoms with Crippen LogP contribution in [0.3, 0.4) is 0 Å². The van der Waals surface area contributed by atoms with Gasteiger partial charge in [-0.25, -0.2) is 0 Å². The molecule has 2 rings (SSSR count). The largest absolute Gasteiger partial charge is 0.369 e. The van der Waals surface area contributed by atoms with Gasteiger partial charge >= 0.3 is 0 Å². The van der Waals surface area contributed by atoms with Crippen molar-refractivity contribution in [1.82, 2.24) is 14.7 Å². The lowest BCUT2D eigenvalue weighted by Gasteiger charge is -2.36. The van der Waals surface area contributed by atoms with Crippen molar-refractivity contribution in [2.75, 3.05) is 72.4 Å². The lowest BCUT2D eigenvalue weighted by molar-refractivity contribution is 0.256. The molecule has 1 fully saturated rings. The number of benzene rings is 1. The van der Waals surface area contributed by atoms with Crippen molar-refractivity contribution in [2.24, 2.45) is 4.99 Å². The molecule has 25 heavy (non-hydrogen) atoms. The van der Waals surface area contributed by atoms with Gasteiger partial charge in [0.2, 0.25) is 0 Å². The number of piperazine rings is 1. The van der Waals surface area contributed by atoms with Crippen LogP contribution in [0.4, 0.5) is 5.69 Å². The fourth-order valence-electron chi connectivity index (χ4n) is 3.06. The van der Waals surface area contributed by atoms with E-state index in [1.165, 1.54) is 5.69 Å². The van der Waals surface area contributed by atoms with E-state index in [9.17, 15) is 0 Å². The van der Waals surface area contributed by atoms with Crippen LogP contribution in [-0.4, -0.2) is 88.1 Å². The van der Waals surface area contributed by atoms with Gasteiger partial charge in [0, 0.05) is 78.2 Å². The van der Waals surface area contributed by atoms with Crippen LogP contribution in [0.1, 0.15) is 6.42 Å². The van der Waals surface area contributed by atoms with Crippen molar-refractivity contribution in [3.05, 3.63) is 29.3 Å². The Morgan fingerprint density at radius 2 is 1.72 bits per heavy atom. The molecule has 1 saturated heterocycles. The number of anilines is 1. The monoisotopic (exact) mass is 479 g/mol. The van der Waals surface area contributed by atoms with Crippen LogP contribution in [0.5, 0.6) is 0 Å². The van der Waals surface area contributed by atoms with E-state index in [4.69, 9.17) is 16.6 Å². The summed E-state index contributed by atoms with van der Waals surface area (Å²) in [5, 5.41) is 0.811. The second-order valence-electron chi connectivity index (χ2n) is 6.63. The molecular weight excluding hydrogens is 449 g/mol. The van der Waals surface area contributed by atoms with E-state index in [0.717, 1.165) is 56.7 Å². The highest BCUT2D eigenvalue weighted by molar-refractivity contribution is 14.0. The van der Waals surface area contributed by atoms with Gasteiger partial charge in [-0.2, -0.15) is 0 Å². The third-order valence-electron chi connectivity index (χ3n) is 4.23. The van der Waals surface area contributed by atoms with Gasteiger partial charge in [-0.15, -0.1) is 24.0 Å². The standard InChI is InChI=1S/C18H30ClN5.HI/c1-21(2)18(22(3)4)20-9-6-10-23-11-13-24(14-12-23)17-8-5-7-16(19)15-17;/h5,7-8,15H,6,9-14H2,1-4H3;1H. The van der Waals surface area contributed by atoms with Crippen molar-refractivity contribution in [3.63, 3.8) is 0 Å². The molecule has 0 unspecified atom stereocenters. The third kappa shape index (κ3) is 7.19. The first-order chi connectivity index (χ1) is 11.5. The van der Waals surface area contributed by atoms with E-state index in [-0.39, 0.29) is 24.0 Å². The SMILES string of the molecule is CN(C)C(=NCCCN1CCN(c2cccc(Cl)c2)CC1)N(C)C.I. The molecule has 0 spiro atoms. The van der Waals surface area contributed by atoms with Crippen molar-refractivity contribution in [3.8, 4) is 0 Å². The lowest BCUT2D eigenvalue weighted by atomic mass is 10.2. The minimum absolute atomic E-state index is 0. The summed E-state index contributed by atoms with van der Waals surface area (Å²) >= 11 is 6.09. The topological polar surface area (TPSA) is 25.3 Å². The van der Waals surface area contributed by atoms with Gasteiger partial charge < -0.3 is 14.7 Å². The molecule has 1 aromatic rings. The zero-order chi connectivity index (χ0) is 17.5. The maximum Gasteiger partial charge on any atom is 0.195 e. The molecule has 0 amide bonds. The number of guanidine groups is 1. The van der Waals surface area contributed by atoms with Crippen LogP contribution >= 0.6 is 35.6 Å². The van der Waals surface area contributed by atoms with E-state index in [1.807, 2.05) is 40.3 Å². The average molecular weight is 480 g/mol. The highest BCUT2D eigenvalue weighted by Gasteiger charge is 2.16. The Morgan fingerprint density at radius 3 is 2.28 bits per heavy atom. The molecule has 7 heteroatoms. The van der Waals surface area contributed by atoms with E-state index < -0.39 is 0 Å². The maximum absolute atomic E-state index is 6.09. The Balaban J connectivity index is 0.00000312. The molecule has 0 bridgehead atoms. The molecule has 1 heterocycles. The molecule has 1 aliphatic heterocycles. The predicted molar refractivity (Wildman–Crippen MR) is 120 cm³/mol. The van der Waals surface area contributed by atoms with Crippen molar-refractivity contribution in [1.29, 1.82) is 0 Å². The second-order valence-corrected chi connectivity index (χ2v) is 7.07. The highest BCUT2D eigenvalue weighted by atomic mass is 127. The fourth-order valence-corrected chi connectivity index (χ4v) is 3.24. The number of nitrogens with zero attached hydrogens (tertiary/aromatic N) is 5. The molecule has 142 valence electrons. The summed E-state index contributed by atoms with van der Waals surface area (Å²) < 4.78 is 0. The van der Waals surface area contributed by atoms with Crippen LogP contribution in [-0.2, 0) is 0 Å². The first kappa shape index (κ1) is 22.3. The molecule has 0 aliphatic carbocycles. The van der Waals surface area contributed by atoms with E-state index in [0.29, 0.717) is 0 Å². The van der Waals surface area contributed by atoms with Crippen LogP contribution < -0.4 is 4.90 Å². The van der Waals surface area contributed by atoms with Crippen LogP contribution in [0.2, 0.25) is 5.02 Å². The molecule has 1 aliphatic rings. The Morgan fingerprint density at radius 1 is 1.08 bits per heavy atom. The maximum atomic E-state index is 6.09. The molecule has 0 aromatic heterocycles.